The molecule has 49 heavy (non-hydrogen) atoms. The molecule has 0 unspecified atom stereocenters. The van der Waals surface area contributed by atoms with Crippen LogP contribution in [0.3, 0.4) is 0 Å². The van der Waals surface area contributed by atoms with Crippen LogP contribution in [-0.2, 0) is 31.8 Å². The van der Waals surface area contributed by atoms with E-state index in [1.165, 1.54) is 6.42 Å². The highest BCUT2D eigenvalue weighted by molar-refractivity contribution is 5.90. The molecule has 4 fully saturated rings. The van der Waals surface area contributed by atoms with E-state index in [0.29, 0.717) is 53.8 Å². The zero-order valence-electron chi connectivity index (χ0n) is 28.8. The maximum absolute atomic E-state index is 13.6. The summed E-state index contributed by atoms with van der Waals surface area (Å²) in [6, 6.07) is 3.90. The van der Waals surface area contributed by atoms with E-state index in [1.807, 2.05) is 39.8 Å². The standard InChI is InChI=1S/C36H53NO12/c1-19(2)7-9-21-14-24(34(44)45-18-23-11-13-37-12-5-6-25(23)37)15-22(10-8-20(3)4)32(21)48-36-33(30(42)28(40)26(16-38)47-36)49-35-31(43)29(41)27(17-39)46-35/h7-8,14-15,23,25-31,33,35-36,38-43H,5-6,9-13,16-18H2,1-4H3/t23-,25-,26+,27-,28+,29+,30-,31+,33+,35+,36-/m1/s1. The lowest BCUT2D eigenvalue weighted by molar-refractivity contribution is -0.320. The van der Waals surface area contributed by atoms with Crippen LogP contribution in [0.1, 0.15) is 68.4 Å². The number of esters is 1. The summed E-state index contributed by atoms with van der Waals surface area (Å²) in [7, 11) is 0. The fourth-order valence-corrected chi connectivity index (χ4v) is 7.15. The molecule has 4 saturated heterocycles. The maximum atomic E-state index is 13.6. The van der Waals surface area contributed by atoms with Crippen molar-refractivity contribution < 1.29 is 59.1 Å². The van der Waals surface area contributed by atoms with E-state index in [4.69, 9.17) is 23.7 Å². The minimum atomic E-state index is -1.67. The van der Waals surface area contributed by atoms with Gasteiger partial charge in [-0.1, -0.05) is 23.3 Å². The lowest BCUT2D eigenvalue weighted by Gasteiger charge is -2.43. The Kier molecular flexibility index (Phi) is 12.9. The van der Waals surface area contributed by atoms with Crippen molar-refractivity contribution in [2.24, 2.45) is 5.92 Å². The topological polar surface area (TPSA) is 188 Å². The van der Waals surface area contributed by atoms with Crippen molar-refractivity contribution in [3.05, 3.63) is 52.1 Å². The van der Waals surface area contributed by atoms with Gasteiger partial charge >= 0.3 is 5.97 Å². The molecule has 0 saturated carbocycles. The van der Waals surface area contributed by atoms with Crippen LogP contribution in [0.5, 0.6) is 5.75 Å². The van der Waals surface area contributed by atoms with Crippen LogP contribution in [0.15, 0.2) is 35.4 Å². The molecule has 0 amide bonds. The molecular formula is C36H53NO12. The van der Waals surface area contributed by atoms with Crippen LogP contribution in [0, 0.1) is 5.92 Å². The molecule has 0 aromatic heterocycles. The molecule has 1 aromatic rings. The number of carbonyl (C=O) groups excluding carboxylic acids is 1. The van der Waals surface area contributed by atoms with Crippen molar-refractivity contribution in [1.29, 1.82) is 0 Å². The molecule has 4 aliphatic rings. The van der Waals surface area contributed by atoms with Crippen LogP contribution in [0.25, 0.3) is 0 Å². The van der Waals surface area contributed by atoms with Crippen molar-refractivity contribution in [1.82, 2.24) is 4.90 Å². The van der Waals surface area contributed by atoms with Crippen molar-refractivity contribution in [2.75, 3.05) is 32.9 Å². The molecule has 0 radical (unpaired) electrons. The van der Waals surface area contributed by atoms with E-state index >= 15 is 0 Å². The zero-order valence-corrected chi connectivity index (χ0v) is 28.8. The number of hydrogen-bond donors (Lipinski definition) is 6. The molecule has 6 N–H and O–H groups in total. The summed E-state index contributed by atoms with van der Waals surface area (Å²) < 4.78 is 29.7. The summed E-state index contributed by atoms with van der Waals surface area (Å²) in [6.45, 7) is 9.07. The van der Waals surface area contributed by atoms with Crippen molar-refractivity contribution in [3.8, 4) is 5.75 Å². The molecule has 0 aliphatic carbocycles. The first-order valence-corrected chi connectivity index (χ1v) is 17.3. The lowest BCUT2D eigenvalue weighted by atomic mass is 9.96. The Bertz CT molecular complexity index is 1300. The number of aliphatic hydroxyl groups is 6. The second-order valence-corrected chi connectivity index (χ2v) is 14.1. The molecule has 1 aromatic carbocycles. The summed E-state index contributed by atoms with van der Waals surface area (Å²) in [6.07, 6.45) is -5.06. The van der Waals surface area contributed by atoms with Crippen LogP contribution in [-0.4, -0.2) is 136 Å². The minimum Gasteiger partial charge on any atom is -0.462 e. The number of fused-ring (bicyclic) bond motifs is 1. The van der Waals surface area contributed by atoms with Gasteiger partial charge < -0.3 is 54.3 Å². The number of allylic oxidation sites excluding steroid dienone is 4. The van der Waals surface area contributed by atoms with Crippen LogP contribution in [0.2, 0.25) is 0 Å². The number of hydrogen-bond acceptors (Lipinski definition) is 13. The predicted octanol–water partition coefficient (Wildman–Crippen LogP) is 0.987. The number of rotatable bonds is 13. The molecule has 4 heterocycles. The largest absolute Gasteiger partial charge is 0.462 e. The third-order valence-electron chi connectivity index (χ3n) is 9.96. The Hall–Kier alpha value is -2.43. The van der Waals surface area contributed by atoms with E-state index in [-0.39, 0.29) is 0 Å². The first-order valence-electron chi connectivity index (χ1n) is 17.3. The Labute approximate surface area is 287 Å². The van der Waals surface area contributed by atoms with Crippen LogP contribution >= 0.6 is 0 Å². The van der Waals surface area contributed by atoms with Crippen LogP contribution in [0.4, 0.5) is 0 Å². The summed E-state index contributed by atoms with van der Waals surface area (Å²) in [5.41, 5.74) is 3.70. The lowest BCUT2D eigenvalue weighted by Crippen LogP contribution is -2.62. The first-order chi connectivity index (χ1) is 23.4. The third kappa shape index (κ3) is 8.73. The highest BCUT2D eigenvalue weighted by Crippen LogP contribution is 2.36. The highest BCUT2D eigenvalue weighted by Gasteiger charge is 2.51. The Balaban J connectivity index is 1.47. The Morgan fingerprint density at radius 2 is 1.43 bits per heavy atom. The van der Waals surface area contributed by atoms with Crippen LogP contribution < -0.4 is 4.74 Å². The fraction of sp³-hybridized carbons (Fsp3) is 0.694. The highest BCUT2D eigenvalue weighted by atomic mass is 16.8. The van der Waals surface area contributed by atoms with Gasteiger partial charge in [0.05, 0.1) is 25.4 Å². The average molecular weight is 692 g/mol. The van der Waals surface area contributed by atoms with Gasteiger partial charge in [-0.3, -0.25) is 4.90 Å². The quantitative estimate of drug-likeness (QED) is 0.127. The molecule has 11 atom stereocenters. The second kappa shape index (κ2) is 16.7. The van der Waals surface area contributed by atoms with Crippen molar-refractivity contribution >= 4 is 5.97 Å². The van der Waals surface area contributed by atoms with E-state index < -0.39 is 74.5 Å². The van der Waals surface area contributed by atoms with Gasteiger partial charge in [-0.2, -0.15) is 0 Å². The van der Waals surface area contributed by atoms with Gasteiger partial charge in [0.25, 0.3) is 0 Å². The molecule has 4 aliphatic heterocycles. The molecule has 274 valence electrons. The van der Waals surface area contributed by atoms with E-state index in [0.717, 1.165) is 37.1 Å². The monoisotopic (exact) mass is 691 g/mol. The molecule has 13 nitrogen and oxygen atoms in total. The Morgan fingerprint density at radius 3 is 2.02 bits per heavy atom. The van der Waals surface area contributed by atoms with Crippen molar-refractivity contribution in [3.63, 3.8) is 0 Å². The van der Waals surface area contributed by atoms with E-state index in [1.54, 1.807) is 12.1 Å². The maximum Gasteiger partial charge on any atom is 0.338 e. The third-order valence-corrected chi connectivity index (χ3v) is 9.96. The summed E-state index contributed by atoms with van der Waals surface area (Å²) in [4.78, 5) is 16.1. The second-order valence-electron chi connectivity index (χ2n) is 14.1. The van der Waals surface area contributed by atoms with Crippen molar-refractivity contribution in [2.45, 2.75) is 121 Å². The van der Waals surface area contributed by atoms with E-state index in [9.17, 15) is 35.4 Å². The number of nitrogens with zero attached hydrogens (tertiary/aromatic N) is 1. The van der Waals surface area contributed by atoms with Gasteiger partial charge in [0.1, 0.15) is 42.4 Å². The summed E-state index contributed by atoms with van der Waals surface area (Å²) >= 11 is 0. The molecule has 5 rings (SSSR count). The van der Waals surface area contributed by atoms with Gasteiger partial charge in [-0.05, 0) is 96.1 Å². The molecular weight excluding hydrogens is 638 g/mol. The average Bonchev–Trinajstić information content (AvgIpc) is 3.77. The van der Waals surface area contributed by atoms with Gasteiger partial charge in [0.2, 0.25) is 6.29 Å². The van der Waals surface area contributed by atoms with E-state index in [2.05, 4.69) is 4.90 Å². The Morgan fingerprint density at radius 1 is 0.837 bits per heavy atom. The summed E-state index contributed by atoms with van der Waals surface area (Å²) in [5.74, 6) is 0.226. The normalized spacial score (nSPS) is 34.4. The van der Waals surface area contributed by atoms with Gasteiger partial charge in [0.15, 0.2) is 12.4 Å². The first kappa shape index (κ1) is 37.8. The smallest absolute Gasteiger partial charge is 0.338 e. The molecule has 0 bridgehead atoms. The summed E-state index contributed by atoms with van der Waals surface area (Å²) in [5, 5.41) is 62.2. The van der Waals surface area contributed by atoms with Gasteiger partial charge in [-0.15, -0.1) is 0 Å². The molecule has 13 heteroatoms. The minimum absolute atomic E-state index is 0.308. The molecule has 0 spiro atoms. The van der Waals surface area contributed by atoms with Gasteiger partial charge in [-0.25, -0.2) is 4.79 Å². The number of ether oxygens (including phenoxy) is 5. The number of benzene rings is 1. The SMILES string of the molecule is CC(C)=CCc1cc(C(=O)OC[C@H]2CCN3CCC[C@H]23)cc(CC=C(C)C)c1O[C@H]1O[C@@H](CO)[C@H](O)[C@@H](O)[C@@H]1O[C@@H]1O[C@H](CO)[C@H](O)[C@@H]1O. The predicted molar refractivity (Wildman–Crippen MR) is 177 cm³/mol. The number of carbonyl (C=O) groups is 1. The zero-order chi connectivity index (χ0) is 35.4. The number of aliphatic hydroxyl groups excluding tert-OH is 6. The van der Waals surface area contributed by atoms with Gasteiger partial charge in [0, 0.05) is 12.0 Å². The fourth-order valence-electron chi connectivity index (χ4n) is 7.15.